The van der Waals surface area contributed by atoms with Gasteiger partial charge in [-0.05, 0) is 68.7 Å². The van der Waals surface area contributed by atoms with E-state index in [0.717, 1.165) is 11.5 Å². The van der Waals surface area contributed by atoms with E-state index in [0.29, 0.717) is 0 Å². The minimum absolute atomic E-state index is 0.523. The largest absolute Gasteiger partial charge is 0.456 e. The lowest BCUT2D eigenvalue weighted by molar-refractivity contribution is -0.945. The van der Waals surface area contributed by atoms with Gasteiger partial charge >= 0.3 is 5.66 Å². The van der Waals surface area contributed by atoms with Crippen molar-refractivity contribution in [2.45, 2.75) is 5.66 Å². The lowest BCUT2D eigenvalue weighted by Gasteiger charge is -2.26. The highest BCUT2D eigenvalue weighted by Crippen LogP contribution is 2.58. The molecule has 3 aliphatic rings. The number of pyridine rings is 2. The van der Waals surface area contributed by atoms with E-state index in [1.54, 1.807) is 11.3 Å². The van der Waals surface area contributed by atoms with Gasteiger partial charge in [-0.1, -0.05) is 24.3 Å². The van der Waals surface area contributed by atoms with E-state index in [2.05, 4.69) is 105 Å². The quantitative estimate of drug-likeness (QED) is 0.162. The van der Waals surface area contributed by atoms with Crippen LogP contribution in [0.3, 0.4) is 0 Å². The molecular weight excluding hydrogens is 472 g/mol. The average Bonchev–Trinajstić information content (AvgIpc) is 3.65. The molecule has 1 unspecified atom stereocenters. The average molecular weight is 489 g/mol. The van der Waals surface area contributed by atoms with Gasteiger partial charge in [0, 0.05) is 22.9 Å². The Bertz CT molecular complexity index is 2450. The fourth-order valence-corrected chi connectivity index (χ4v) is 8.83. The van der Waals surface area contributed by atoms with Crippen LogP contribution in [0.25, 0.3) is 64.9 Å². The minimum atomic E-state index is -0.523. The Morgan fingerprint density at radius 3 is 1.68 bits per heavy atom. The van der Waals surface area contributed by atoms with Crippen molar-refractivity contribution in [1.82, 2.24) is 0 Å². The van der Waals surface area contributed by atoms with Gasteiger partial charge in [-0.3, -0.25) is 0 Å². The summed E-state index contributed by atoms with van der Waals surface area (Å²) < 4.78 is 11.9. The van der Waals surface area contributed by atoms with E-state index in [1.165, 1.54) is 76.0 Å². The molecule has 5 aromatic carbocycles. The van der Waals surface area contributed by atoms with Gasteiger partial charge in [-0.15, -0.1) is 9.13 Å². The summed E-state index contributed by atoms with van der Waals surface area (Å²) in [5.74, 6) is 1.92. The van der Waals surface area contributed by atoms with E-state index in [9.17, 15) is 0 Å². The molecule has 0 saturated heterocycles. The molecule has 0 radical (unpaired) electrons. The second kappa shape index (κ2) is 5.41. The second-order valence-electron chi connectivity index (χ2n) is 10.5. The second-order valence-corrected chi connectivity index (χ2v) is 11.3. The zero-order valence-corrected chi connectivity index (χ0v) is 20.3. The van der Waals surface area contributed by atoms with Crippen molar-refractivity contribution in [2.24, 2.45) is 0 Å². The van der Waals surface area contributed by atoms with Gasteiger partial charge in [0.1, 0.15) is 11.5 Å². The molecule has 168 valence electrons. The number of aromatic nitrogens is 2. The lowest BCUT2D eigenvalue weighted by Crippen LogP contribution is -2.72. The van der Waals surface area contributed by atoms with Gasteiger partial charge in [-0.2, -0.15) is 11.3 Å². The number of thiophene rings is 1. The Hall–Kier alpha value is -4.54. The predicted molar refractivity (Wildman–Crippen MR) is 148 cm³/mol. The van der Waals surface area contributed by atoms with Crippen LogP contribution < -0.4 is 13.9 Å². The van der Waals surface area contributed by atoms with Crippen LogP contribution >= 0.6 is 11.3 Å². The topological polar surface area (TPSA) is 17.0 Å². The van der Waals surface area contributed by atoms with Crippen molar-refractivity contribution < 1.29 is 13.9 Å². The van der Waals surface area contributed by atoms with Crippen LogP contribution in [0, 0.1) is 0 Å². The van der Waals surface area contributed by atoms with Gasteiger partial charge in [-0.25, -0.2) is 0 Å². The van der Waals surface area contributed by atoms with Crippen molar-refractivity contribution in [2.75, 3.05) is 0 Å². The standard InChI is InChI=1S/C33H16N2OS/c1-2-6-18-17(5-1)19-9-11-25-29-27(19)31-21(18)7-3-13-34(31)33(29)30-26(36-25)12-10-20-23-15-37-16-24(23)22-8-4-14-35(33)32(22)28(20)30/h1-16H/q+2. The SMILES string of the molecule is c1ccc2c(c1)c1ccc3c4c1c1c2ccc[n+]1C41c2c(ccc4c5cscc5c5ccc[n+]1c5c24)O3. The fourth-order valence-electron chi connectivity index (χ4n) is 7.98. The number of benzene rings is 5. The maximum absolute atomic E-state index is 6.79. The van der Waals surface area contributed by atoms with Gasteiger partial charge in [0.25, 0.3) is 0 Å². The third kappa shape index (κ3) is 1.60. The molecular formula is C33H16N2OS+2. The van der Waals surface area contributed by atoms with Gasteiger partial charge < -0.3 is 4.74 Å². The summed E-state index contributed by atoms with van der Waals surface area (Å²) in [6.45, 7) is 0. The van der Waals surface area contributed by atoms with E-state index in [4.69, 9.17) is 4.74 Å². The molecule has 1 atom stereocenters. The first-order chi connectivity index (χ1) is 18.4. The molecule has 0 fully saturated rings. The van der Waals surface area contributed by atoms with Crippen molar-refractivity contribution in [3.63, 3.8) is 0 Å². The van der Waals surface area contributed by atoms with Crippen molar-refractivity contribution in [3.05, 3.63) is 107 Å². The molecule has 0 N–H and O–H groups in total. The van der Waals surface area contributed by atoms with E-state index in [-0.39, 0.29) is 0 Å². The Kier molecular flexibility index (Phi) is 2.61. The molecule has 11 rings (SSSR count). The Balaban J connectivity index is 1.52. The molecule has 0 bridgehead atoms. The van der Waals surface area contributed by atoms with Gasteiger partial charge in [0.2, 0.25) is 11.0 Å². The Morgan fingerprint density at radius 1 is 0.514 bits per heavy atom. The molecule has 0 amide bonds. The van der Waals surface area contributed by atoms with E-state index >= 15 is 0 Å². The summed E-state index contributed by atoms with van der Waals surface area (Å²) in [6, 6.07) is 26.8. The van der Waals surface area contributed by atoms with Crippen molar-refractivity contribution >= 4 is 76.2 Å². The molecule has 3 nitrogen and oxygen atoms in total. The monoisotopic (exact) mass is 488 g/mol. The summed E-state index contributed by atoms with van der Waals surface area (Å²) >= 11 is 1.78. The molecule has 3 aromatic heterocycles. The van der Waals surface area contributed by atoms with Crippen LogP contribution in [0.5, 0.6) is 11.5 Å². The number of hydrogen-bond acceptors (Lipinski definition) is 2. The maximum Gasteiger partial charge on any atom is 0.425 e. The van der Waals surface area contributed by atoms with Crippen LogP contribution in [-0.2, 0) is 5.66 Å². The maximum atomic E-state index is 6.79. The molecule has 6 heterocycles. The van der Waals surface area contributed by atoms with Crippen LogP contribution in [0.1, 0.15) is 11.1 Å². The highest BCUT2D eigenvalue weighted by molar-refractivity contribution is 7.09. The lowest BCUT2D eigenvalue weighted by atomic mass is 9.85. The summed E-state index contributed by atoms with van der Waals surface area (Å²) in [5.41, 5.74) is 4.61. The first-order valence-electron chi connectivity index (χ1n) is 12.7. The van der Waals surface area contributed by atoms with Crippen LogP contribution in [0.2, 0.25) is 0 Å². The molecule has 1 spiro atoms. The van der Waals surface area contributed by atoms with Gasteiger partial charge in [0.05, 0.1) is 21.5 Å². The summed E-state index contributed by atoms with van der Waals surface area (Å²) in [6.07, 6.45) is 4.57. The zero-order valence-electron chi connectivity index (χ0n) is 19.4. The number of fused-ring (bicyclic) bond motifs is 6. The molecule has 8 aromatic rings. The Morgan fingerprint density at radius 2 is 1.03 bits per heavy atom. The zero-order chi connectivity index (χ0) is 23.6. The van der Waals surface area contributed by atoms with Crippen LogP contribution in [-0.4, -0.2) is 0 Å². The first kappa shape index (κ1) is 17.8. The third-order valence-corrected chi connectivity index (χ3v) is 9.90. The highest BCUT2D eigenvalue weighted by Gasteiger charge is 2.69. The third-order valence-electron chi connectivity index (χ3n) is 9.16. The normalized spacial score (nSPS) is 18.1. The fraction of sp³-hybridized carbons (Fsp3) is 0.0303. The van der Waals surface area contributed by atoms with E-state index < -0.39 is 5.66 Å². The summed E-state index contributed by atoms with van der Waals surface area (Å²) in [5, 5.41) is 17.7. The van der Waals surface area contributed by atoms with Crippen molar-refractivity contribution in [1.29, 1.82) is 0 Å². The number of hydrogen-bond donors (Lipinski definition) is 0. The van der Waals surface area contributed by atoms with Crippen molar-refractivity contribution in [3.8, 4) is 11.5 Å². The molecule has 37 heavy (non-hydrogen) atoms. The molecule has 3 aliphatic heterocycles. The summed E-state index contributed by atoms with van der Waals surface area (Å²) in [4.78, 5) is 0. The highest BCUT2D eigenvalue weighted by atomic mass is 32.1. The van der Waals surface area contributed by atoms with E-state index in [1.807, 2.05) is 0 Å². The van der Waals surface area contributed by atoms with Crippen LogP contribution in [0.4, 0.5) is 0 Å². The van der Waals surface area contributed by atoms with Crippen LogP contribution in [0.15, 0.2) is 96.0 Å². The predicted octanol–water partition coefficient (Wildman–Crippen LogP) is 7.27. The summed E-state index contributed by atoms with van der Waals surface area (Å²) in [7, 11) is 0. The number of nitrogens with zero attached hydrogens (tertiary/aromatic N) is 2. The molecule has 0 aliphatic carbocycles. The number of rotatable bonds is 0. The molecule has 4 heteroatoms. The van der Waals surface area contributed by atoms with Gasteiger partial charge in [0.15, 0.2) is 23.5 Å². The minimum Gasteiger partial charge on any atom is -0.456 e. The first-order valence-corrected chi connectivity index (χ1v) is 13.6. The Labute approximate surface area is 214 Å². The number of ether oxygens (including phenoxy) is 1. The smallest absolute Gasteiger partial charge is 0.425 e. The molecule has 0 saturated carbocycles.